The van der Waals surface area contributed by atoms with Crippen LogP contribution in [0.25, 0.3) is 5.69 Å². The summed E-state index contributed by atoms with van der Waals surface area (Å²) in [7, 11) is 0. The van der Waals surface area contributed by atoms with E-state index in [4.69, 9.17) is 0 Å². The Morgan fingerprint density at radius 1 is 1.12 bits per heavy atom. The number of aromatic nitrogens is 1. The molecule has 0 atom stereocenters. The summed E-state index contributed by atoms with van der Waals surface area (Å²) in [5.41, 5.74) is 2.57. The summed E-state index contributed by atoms with van der Waals surface area (Å²) in [6.07, 6.45) is 0.749. The lowest BCUT2D eigenvalue weighted by Gasteiger charge is -2.09. The number of benzene rings is 1. The first-order valence-electron chi connectivity index (χ1n) is 5.14. The first kappa shape index (κ1) is 11.5. The number of nitrogens with zero attached hydrogens (tertiary/aromatic N) is 1. The fourth-order valence-corrected chi connectivity index (χ4v) is 1.93. The third-order valence-electron chi connectivity index (χ3n) is 2.76. The van der Waals surface area contributed by atoms with Crippen LogP contribution in [0.3, 0.4) is 0 Å². The molecule has 1 aromatic heterocycles. The quantitative estimate of drug-likeness (QED) is 0.733. The van der Waals surface area contributed by atoms with Gasteiger partial charge in [-0.2, -0.15) is 0 Å². The van der Waals surface area contributed by atoms with Gasteiger partial charge in [0, 0.05) is 28.7 Å². The van der Waals surface area contributed by atoms with E-state index in [-0.39, 0.29) is 0 Å². The molecule has 0 spiro atoms. The molecule has 0 radical (unpaired) electrons. The highest BCUT2D eigenvalue weighted by Crippen LogP contribution is 2.21. The maximum atomic E-state index is 13.2. The minimum atomic E-state index is -0.900. The number of hydrogen-bond acceptors (Lipinski definition) is 1. The second-order valence-electron chi connectivity index (χ2n) is 3.88. The zero-order valence-corrected chi connectivity index (χ0v) is 9.50. The molecule has 1 aromatic carbocycles. The van der Waals surface area contributed by atoms with Gasteiger partial charge in [0.2, 0.25) is 0 Å². The van der Waals surface area contributed by atoms with Crippen LogP contribution in [0.15, 0.2) is 24.3 Å². The Hall–Kier alpha value is -1.97. The molecule has 0 saturated carbocycles. The lowest BCUT2D eigenvalue weighted by molar-refractivity contribution is 0.112. The lowest BCUT2D eigenvalue weighted by Crippen LogP contribution is -2.00. The molecule has 2 aromatic rings. The molecular formula is C13H11F2NO. The monoisotopic (exact) mass is 235 g/mol. The summed E-state index contributed by atoms with van der Waals surface area (Å²) in [5.74, 6) is -1.78. The summed E-state index contributed by atoms with van der Waals surface area (Å²) in [6, 6.07) is 5.38. The van der Waals surface area contributed by atoms with E-state index in [0.29, 0.717) is 16.9 Å². The van der Waals surface area contributed by atoms with Crippen LogP contribution in [0.5, 0.6) is 0 Å². The predicted octanol–water partition coefficient (Wildman–Crippen LogP) is 3.18. The summed E-state index contributed by atoms with van der Waals surface area (Å²) < 4.78 is 27.7. The van der Waals surface area contributed by atoms with Gasteiger partial charge in [0.1, 0.15) is 0 Å². The van der Waals surface area contributed by atoms with Crippen molar-refractivity contribution in [3.8, 4) is 5.69 Å². The van der Waals surface area contributed by atoms with E-state index in [2.05, 4.69) is 0 Å². The standard InChI is InChI=1S/C13H11F2NO/c1-8-5-10(7-17)9(2)16(8)11-3-4-12(14)13(15)6-11/h3-7H,1-2H3. The topological polar surface area (TPSA) is 22.0 Å². The molecule has 0 fully saturated rings. The predicted molar refractivity (Wildman–Crippen MR) is 60.5 cm³/mol. The van der Waals surface area contributed by atoms with E-state index in [1.807, 2.05) is 0 Å². The van der Waals surface area contributed by atoms with Crippen LogP contribution in [0, 0.1) is 25.5 Å². The molecule has 0 aliphatic carbocycles. The fraction of sp³-hybridized carbons (Fsp3) is 0.154. The molecule has 88 valence electrons. The van der Waals surface area contributed by atoms with Gasteiger partial charge in [-0.25, -0.2) is 8.78 Å². The van der Waals surface area contributed by atoms with Gasteiger partial charge in [0.15, 0.2) is 17.9 Å². The molecule has 0 aliphatic heterocycles. The smallest absolute Gasteiger partial charge is 0.160 e. The molecule has 0 saturated heterocycles. The summed E-state index contributed by atoms with van der Waals surface area (Å²) in [5, 5.41) is 0. The van der Waals surface area contributed by atoms with Crippen molar-refractivity contribution < 1.29 is 13.6 Å². The van der Waals surface area contributed by atoms with Crippen LogP contribution in [-0.2, 0) is 0 Å². The van der Waals surface area contributed by atoms with Crippen LogP contribution in [0.1, 0.15) is 21.7 Å². The third kappa shape index (κ3) is 1.86. The Labute approximate surface area is 97.5 Å². The molecule has 0 N–H and O–H groups in total. The zero-order valence-electron chi connectivity index (χ0n) is 9.50. The molecule has 0 amide bonds. The van der Waals surface area contributed by atoms with E-state index in [9.17, 15) is 13.6 Å². The van der Waals surface area contributed by atoms with E-state index < -0.39 is 11.6 Å². The number of carbonyl (C=O) groups is 1. The van der Waals surface area contributed by atoms with Crippen LogP contribution in [-0.4, -0.2) is 10.9 Å². The maximum Gasteiger partial charge on any atom is 0.160 e. The lowest BCUT2D eigenvalue weighted by atomic mass is 10.2. The second-order valence-corrected chi connectivity index (χ2v) is 3.88. The molecular weight excluding hydrogens is 224 g/mol. The highest BCUT2D eigenvalue weighted by atomic mass is 19.2. The van der Waals surface area contributed by atoms with Crippen molar-refractivity contribution in [3.05, 3.63) is 52.9 Å². The van der Waals surface area contributed by atoms with Gasteiger partial charge in [0.05, 0.1) is 0 Å². The first-order chi connectivity index (χ1) is 8.04. The molecule has 4 heteroatoms. The Bertz CT molecular complexity index is 587. The SMILES string of the molecule is Cc1cc(C=O)c(C)n1-c1ccc(F)c(F)c1. The molecule has 0 unspecified atom stereocenters. The normalized spacial score (nSPS) is 10.6. The minimum Gasteiger partial charge on any atom is -0.318 e. The van der Waals surface area contributed by atoms with Gasteiger partial charge < -0.3 is 4.57 Å². The van der Waals surface area contributed by atoms with E-state index in [0.717, 1.165) is 24.1 Å². The Kier molecular flexibility index (Phi) is 2.79. The van der Waals surface area contributed by atoms with Crippen molar-refractivity contribution in [1.29, 1.82) is 0 Å². The van der Waals surface area contributed by atoms with Crippen LogP contribution in [0.2, 0.25) is 0 Å². The molecule has 1 heterocycles. The van der Waals surface area contributed by atoms with Crippen molar-refractivity contribution in [2.75, 3.05) is 0 Å². The number of hydrogen-bond donors (Lipinski definition) is 0. The summed E-state index contributed by atoms with van der Waals surface area (Å²) in [6.45, 7) is 3.57. The number of aryl methyl sites for hydroxylation is 1. The number of carbonyl (C=O) groups excluding carboxylic acids is 1. The van der Waals surface area contributed by atoms with Crippen molar-refractivity contribution >= 4 is 6.29 Å². The van der Waals surface area contributed by atoms with E-state index in [1.165, 1.54) is 6.07 Å². The molecule has 2 rings (SSSR count). The van der Waals surface area contributed by atoms with Gasteiger partial charge in [0.25, 0.3) is 0 Å². The number of rotatable bonds is 2. The molecule has 0 aliphatic rings. The average molecular weight is 235 g/mol. The van der Waals surface area contributed by atoms with Crippen LogP contribution in [0.4, 0.5) is 8.78 Å². The molecule has 0 bridgehead atoms. The van der Waals surface area contributed by atoms with Gasteiger partial charge in [-0.3, -0.25) is 4.79 Å². The fourth-order valence-electron chi connectivity index (χ4n) is 1.93. The van der Waals surface area contributed by atoms with E-state index >= 15 is 0 Å². The van der Waals surface area contributed by atoms with Crippen LogP contribution < -0.4 is 0 Å². The first-order valence-corrected chi connectivity index (χ1v) is 5.14. The van der Waals surface area contributed by atoms with Crippen molar-refractivity contribution in [3.63, 3.8) is 0 Å². The minimum absolute atomic E-state index is 0.506. The third-order valence-corrected chi connectivity index (χ3v) is 2.76. The second kappa shape index (κ2) is 4.13. The number of halogens is 2. The van der Waals surface area contributed by atoms with Crippen molar-refractivity contribution in [2.45, 2.75) is 13.8 Å². The Morgan fingerprint density at radius 2 is 1.82 bits per heavy atom. The average Bonchev–Trinajstić information content (AvgIpc) is 2.58. The maximum absolute atomic E-state index is 13.2. The summed E-state index contributed by atoms with van der Waals surface area (Å²) in [4.78, 5) is 10.8. The zero-order chi connectivity index (χ0) is 12.6. The van der Waals surface area contributed by atoms with Gasteiger partial charge in [-0.1, -0.05) is 0 Å². The summed E-state index contributed by atoms with van der Waals surface area (Å²) >= 11 is 0. The van der Waals surface area contributed by atoms with Gasteiger partial charge >= 0.3 is 0 Å². The highest BCUT2D eigenvalue weighted by molar-refractivity contribution is 5.77. The van der Waals surface area contributed by atoms with E-state index in [1.54, 1.807) is 24.5 Å². The Balaban J connectivity index is 2.63. The van der Waals surface area contributed by atoms with Crippen LogP contribution >= 0.6 is 0 Å². The molecule has 2 nitrogen and oxygen atoms in total. The highest BCUT2D eigenvalue weighted by Gasteiger charge is 2.11. The van der Waals surface area contributed by atoms with Gasteiger partial charge in [-0.05, 0) is 32.0 Å². The molecule has 17 heavy (non-hydrogen) atoms. The van der Waals surface area contributed by atoms with Gasteiger partial charge in [-0.15, -0.1) is 0 Å². The largest absolute Gasteiger partial charge is 0.318 e. The van der Waals surface area contributed by atoms with Crippen molar-refractivity contribution in [2.24, 2.45) is 0 Å². The number of aldehydes is 1. The Morgan fingerprint density at radius 3 is 2.35 bits per heavy atom. The van der Waals surface area contributed by atoms with Crippen molar-refractivity contribution in [1.82, 2.24) is 4.57 Å².